The summed E-state index contributed by atoms with van der Waals surface area (Å²) in [5.41, 5.74) is 0.105. The SMILES string of the molecule is O=C(Nc1ccc(Nc2cccc(C(F)(F)F)c2)cn1)NC1CCCCC1. The summed E-state index contributed by atoms with van der Waals surface area (Å²) in [7, 11) is 0. The number of urea groups is 1. The van der Waals surface area contributed by atoms with Gasteiger partial charge in [-0.3, -0.25) is 5.32 Å². The van der Waals surface area contributed by atoms with Crippen LogP contribution in [0.3, 0.4) is 0 Å². The van der Waals surface area contributed by atoms with Crippen molar-refractivity contribution in [2.45, 2.75) is 44.3 Å². The fourth-order valence-corrected chi connectivity index (χ4v) is 3.07. The molecule has 0 unspecified atom stereocenters. The minimum absolute atomic E-state index is 0.195. The lowest BCUT2D eigenvalue weighted by molar-refractivity contribution is -0.137. The Kier molecular flexibility index (Phi) is 5.83. The van der Waals surface area contributed by atoms with Gasteiger partial charge in [-0.15, -0.1) is 0 Å². The highest BCUT2D eigenvalue weighted by Crippen LogP contribution is 2.31. The van der Waals surface area contributed by atoms with Gasteiger partial charge in [-0.1, -0.05) is 25.3 Å². The standard InChI is InChI=1S/C19H21F3N4O/c20-19(21,22)13-5-4-8-15(11-13)24-16-9-10-17(23-12-16)26-18(27)25-14-6-2-1-3-7-14/h4-5,8-12,14,24H,1-3,6-7H2,(H2,23,25,26,27). The molecule has 0 saturated heterocycles. The normalized spacial score (nSPS) is 15.2. The molecule has 0 aliphatic heterocycles. The number of nitrogens with zero attached hydrogens (tertiary/aromatic N) is 1. The lowest BCUT2D eigenvalue weighted by Gasteiger charge is -2.22. The van der Waals surface area contributed by atoms with Crippen molar-refractivity contribution in [3.8, 4) is 0 Å². The van der Waals surface area contributed by atoms with Crippen molar-refractivity contribution >= 4 is 23.2 Å². The third-order valence-corrected chi connectivity index (χ3v) is 4.42. The van der Waals surface area contributed by atoms with Crippen LogP contribution in [0.5, 0.6) is 0 Å². The Morgan fingerprint density at radius 3 is 2.48 bits per heavy atom. The molecular weight excluding hydrogens is 357 g/mol. The molecule has 0 bridgehead atoms. The van der Waals surface area contributed by atoms with Crippen LogP contribution in [0.15, 0.2) is 42.6 Å². The zero-order valence-electron chi connectivity index (χ0n) is 14.6. The third kappa shape index (κ3) is 5.60. The molecule has 1 aliphatic rings. The van der Waals surface area contributed by atoms with Crippen molar-refractivity contribution < 1.29 is 18.0 Å². The van der Waals surface area contributed by atoms with Gasteiger partial charge in [0.2, 0.25) is 0 Å². The number of carbonyl (C=O) groups is 1. The van der Waals surface area contributed by atoms with Gasteiger partial charge in [0.1, 0.15) is 5.82 Å². The first-order valence-electron chi connectivity index (χ1n) is 8.88. The van der Waals surface area contributed by atoms with Crippen LogP contribution < -0.4 is 16.0 Å². The summed E-state index contributed by atoms with van der Waals surface area (Å²) in [6.45, 7) is 0. The minimum atomic E-state index is -4.39. The van der Waals surface area contributed by atoms with E-state index in [4.69, 9.17) is 0 Å². The van der Waals surface area contributed by atoms with Crippen LogP contribution in [0.1, 0.15) is 37.7 Å². The molecule has 3 rings (SSSR count). The van der Waals surface area contributed by atoms with E-state index in [-0.39, 0.29) is 12.1 Å². The number of carbonyl (C=O) groups excluding carboxylic acids is 1. The number of alkyl halides is 3. The zero-order valence-corrected chi connectivity index (χ0v) is 14.6. The number of rotatable bonds is 4. The molecule has 1 fully saturated rings. The van der Waals surface area contributed by atoms with Gasteiger partial charge < -0.3 is 10.6 Å². The van der Waals surface area contributed by atoms with Gasteiger partial charge in [0, 0.05) is 11.7 Å². The van der Waals surface area contributed by atoms with Crippen LogP contribution in [-0.4, -0.2) is 17.1 Å². The van der Waals surface area contributed by atoms with Gasteiger partial charge in [-0.2, -0.15) is 13.2 Å². The van der Waals surface area contributed by atoms with Gasteiger partial charge >= 0.3 is 12.2 Å². The number of anilines is 3. The number of pyridine rings is 1. The molecule has 144 valence electrons. The second-order valence-corrected chi connectivity index (χ2v) is 6.57. The summed E-state index contributed by atoms with van der Waals surface area (Å²) in [4.78, 5) is 16.1. The Morgan fingerprint density at radius 2 is 1.81 bits per heavy atom. The molecule has 1 heterocycles. The van der Waals surface area contributed by atoms with Crippen LogP contribution in [0.2, 0.25) is 0 Å². The van der Waals surface area contributed by atoms with Crippen molar-refractivity contribution in [3.63, 3.8) is 0 Å². The molecular formula is C19H21F3N4O. The topological polar surface area (TPSA) is 66.0 Å². The fourth-order valence-electron chi connectivity index (χ4n) is 3.07. The average molecular weight is 378 g/mol. The van der Waals surface area contributed by atoms with Gasteiger partial charge in [0.05, 0.1) is 17.4 Å². The predicted octanol–water partition coefficient (Wildman–Crippen LogP) is 5.30. The second kappa shape index (κ2) is 8.28. The molecule has 1 aromatic carbocycles. The van der Waals surface area contributed by atoms with Crippen LogP contribution in [0.25, 0.3) is 0 Å². The third-order valence-electron chi connectivity index (χ3n) is 4.42. The Morgan fingerprint density at radius 1 is 1.04 bits per heavy atom. The van der Waals surface area contributed by atoms with Crippen molar-refractivity contribution in [2.75, 3.05) is 10.6 Å². The predicted molar refractivity (Wildman–Crippen MR) is 98.0 cm³/mol. The summed E-state index contributed by atoms with van der Waals surface area (Å²) in [5, 5.41) is 8.47. The highest BCUT2D eigenvalue weighted by atomic mass is 19.4. The Bertz CT molecular complexity index is 771. The Balaban J connectivity index is 1.56. The lowest BCUT2D eigenvalue weighted by Crippen LogP contribution is -2.39. The van der Waals surface area contributed by atoms with E-state index in [9.17, 15) is 18.0 Å². The molecule has 3 N–H and O–H groups in total. The fraction of sp³-hybridized carbons (Fsp3) is 0.368. The van der Waals surface area contributed by atoms with Gasteiger partial charge in [-0.05, 0) is 43.2 Å². The van der Waals surface area contributed by atoms with Gasteiger partial charge in [-0.25, -0.2) is 9.78 Å². The number of hydrogen-bond donors (Lipinski definition) is 3. The summed E-state index contributed by atoms with van der Waals surface area (Å²) in [6.07, 6.45) is 2.49. The smallest absolute Gasteiger partial charge is 0.354 e. The maximum Gasteiger partial charge on any atom is 0.416 e. The van der Waals surface area contributed by atoms with E-state index in [0.29, 0.717) is 17.2 Å². The monoisotopic (exact) mass is 378 g/mol. The van der Waals surface area contributed by atoms with Crippen molar-refractivity contribution in [3.05, 3.63) is 48.2 Å². The van der Waals surface area contributed by atoms with E-state index in [0.717, 1.165) is 37.8 Å². The summed E-state index contributed by atoms with van der Waals surface area (Å²) >= 11 is 0. The average Bonchev–Trinajstić information content (AvgIpc) is 2.64. The minimum Gasteiger partial charge on any atom is -0.354 e. The van der Waals surface area contributed by atoms with E-state index in [2.05, 4.69) is 20.9 Å². The number of benzene rings is 1. The highest BCUT2D eigenvalue weighted by Gasteiger charge is 2.30. The van der Waals surface area contributed by atoms with Gasteiger partial charge in [0.15, 0.2) is 0 Å². The van der Waals surface area contributed by atoms with Crippen LogP contribution in [0.4, 0.5) is 35.2 Å². The molecule has 2 aromatic rings. The summed E-state index contributed by atoms with van der Waals surface area (Å²) < 4.78 is 38.3. The van der Waals surface area contributed by atoms with Crippen molar-refractivity contribution in [1.29, 1.82) is 0 Å². The maximum absolute atomic E-state index is 12.8. The maximum atomic E-state index is 12.8. The van der Waals surface area contributed by atoms with Crippen LogP contribution >= 0.6 is 0 Å². The largest absolute Gasteiger partial charge is 0.416 e. The van der Waals surface area contributed by atoms with Gasteiger partial charge in [0.25, 0.3) is 0 Å². The molecule has 1 saturated carbocycles. The summed E-state index contributed by atoms with van der Waals surface area (Å²) in [5.74, 6) is 0.373. The van der Waals surface area contributed by atoms with E-state index >= 15 is 0 Å². The molecule has 0 atom stereocenters. The second-order valence-electron chi connectivity index (χ2n) is 6.57. The molecule has 1 aliphatic carbocycles. The number of aromatic nitrogens is 1. The highest BCUT2D eigenvalue weighted by molar-refractivity contribution is 5.88. The first kappa shape index (κ1) is 19.0. The molecule has 27 heavy (non-hydrogen) atoms. The van der Waals surface area contributed by atoms with Crippen molar-refractivity contribution in [2.24, 2.45) is 0 Å². The number of amides is 2. The molecule has 1 aromatic heterocycles. The zero-order chi connectivity index (χ0) is 19.3. The quantitative estimate of drug-likeness (QED) is 0.676. The lowest BCUT2D eigenvalue weighted by atomic mass is 9.96. The number of nitrogens with one attached hydrogen (secondary N) is 3. The van der Waals surface area contributed by atoms with Crippen LogP contribution in [0, 0.1) is 0 Å². The molecule has 5 nitrogen and oxygen atoms in total. The molecule has 8 heteroatoms. The summed E-state index contributed by atoms with van der Waals surface area (Å²) in [6, 6.07) is 8.06. The van der Waals surface area contributed by atoms with E-state index < -0.39 is 11.7 Å². The van der Waals surface area contributed by atoms with Crippen molar-refractivity contribution in [1.82, 2.24) is 10.3 Å². The Hall–Kier alpha value is -2.77. The number of halogens is 3. The first-order valence-corrected chi connectivity index (χ1v) is 8.88. The van der Waals surface area contributed by atoms with E-state index in [1.165, 1.54) is 18.7 Å². The Labute approximate surface area is 155 Å². The molecule has 0 spiro atoms. The van der Waals surface area contributed by atoms with E-state index in [1.807, 2.05) is 0 Å². The van der Waals surface area contributed by atoms with Crippen LogP contribution in [-0.2, 0) is 6.18 Å². The first-order chi connectivity index (χ1) is 12.9. The molecule has 0 radical (unpaired) electrons. The van der Waals surface area contributed by atoms with E-state index in [1.54, 1.807) is 18.2 Å². The number of hydrogen-bond acceptors (Lipinski definition) is 3. The molecule has 2 amide bonds.